The highest BCUT2D eigenvalue weighted by atomic mass is 79.9. The van der Waals surface area contributed by atoms with E-state index in [1.165, 1.54) is 12.1 Å². The Bertz CT molecular complexity index is 475. The monoisotopic (exact) mass is 328 g/mol. The fourth-order valence-corrected chi connectivity index (χ4v) is 2.23. The smallest absolute Gasteiger partial charge is 0.284 e. The summed E-state index contributed by atoms with van der Waals surface area (Å²) in [5.41, 5.74) is 0.188. The van der Waals surface area contributed by atoms with E-state index >= 15 is 0 Å². The molecular weight excluding hydrogens is 312 g/mol. The molecule has 1 aromatic carbocycles. The van der Waals surface area contributed by atoms with Gasteiger partial charge >= 0.3 is 0 Å². The molecule has 0 bridgehead atoms. The largest absolute Gasteiger partial charge is 0.352 e. The van der Waals surface area contributed by atoms with E-state index in [0.29, 0.717) is 18.0 Å². The number of nitro groups is 1. The molecule has 0 aliphatic carbocycles. The van der Waals surface area contributed by atoms with Crippen molar-refractivity contribution in [1.82, 2.24) is 5.32 Å². The van der Waals surface area contributed by atoms with Crippen molar-refractivity contribution in [3.63, 3.8) is 0 Å². The van der Waals surface area contributed by atoms with Crippen LogP contribution < -0.4 is 5.32 Å². The summed E-state index contributed by atoms with van der Waals surface area (Å²) in [7, 11) is 0. The Morgan fingerprint density at radius 1 is 1.47 bits per heavy atom. The van der Waals surface area contributed by atoms with Crippen LogP contribution in [0.1, 0.15) is 37.0 Å². The Morgan fingerprint density at radius 2 is 2.16 bits per heavy atom. The van der Waals surface area contributed by atoms with Crippen molar-refractivity contribution >= 4 is 27.5 Å². The maximum atomic E-state index is 11.9. The van der Waals surface area contributed by atoms with Gasteiger partial charge in [-0.05, 0) is 40.8 Å². The minimum atomic E-state index is -0.514. The summed E-state index contributed by atoms with van der Waals surface area (Å²) in [5, 5.41) is 13.5. The van der Waals surface area contributed by atoms with Crippen LogP contribution in [0.25, 0.3) is 0 Å². The van der Waals surface area contributed by atoms with Gasteiger partial charge in [-0.15, -0.1) is 0 Å². The molecular formula is C13H17BrN2O3. The third-order valence-electron chi connectivity index (χ3n) is 2.66. The zero-order valence-electron chi connectivity index (χ0n) is 11.0. The van der Waals surface area contributed by atoms with E-state index in [1.54, 1.807) is 6.07 Å². The van der Waals surface area contributed by atoms with Gasteiger partial charge in [0.15, 0.2) is 0 Å². The number of nitro benzene ring substituents is 1. The number of hydrogen-bond acceptors (Lipinski definition) is 3. The zero-order chi connectivity index (χ0) is 14.4. The summed E-state index contributed by atoms with van der Waals surface area (Å²) in [6.07, 6.45) is 1.94. The summed E-state index contributed by atoms with van der Waals surface area (Å²) in [6, 6.07) is 4.43. The summed E-state index contributed by atoms with van der Waals surface area (Å²) >= 11 is 3.11. The summed E-state index contributed by atoms with van der Waals surface area (Å²) in [5.74, 6) is 0.306. The average molecular weight is 329 g/mol. The van der Waals surface area contributed by atoms with Gasteiger partial charge in [0.25, 0.3) is 11.6 Å². The maximum Gasteiger partial charge on any atom is 0.284 e. The normalized spacial score (nSPS) is 10.5. The molecule has 1 aromatic rings. The standard InChI is InChI=1S/C13H17BrN2O3/c1-9(2)5-4-8-15-13(17)10-6-3-7-11(12(10)14)16(18)19/h3,6-7,9H,4-5,8H2,1-2H3,(H,15,17). The lowest BCUT2D eigenvalue weighted by atomic mass is 10.1. The van der Waals surface area contributed by atoms with Gasteiger partial charge in [0.2, 0.25) is 0 Å². The third-order valence-corrected chi connectivity index (χ3v) is 3.50. The highest BCUT2D eigenvalue weighted by Crippen LogP contribution is 2.28. The molecule has 1 amide bonds. The first-order valence-electron chi connectivity index (χ1n) is 6.14. The fourth-order valence-electron chi connectivity index (χ4n) is 1.64. The van der Waals surface area contributed by atoms with Crippen molar-refractivity contribution in [2.24, 2.45) is 5.92 Å². The van der Waals surface area contributed by atoms with Crippen molar-refractivity contribution in [3.05, 3.63) is 38.3 Å². The molecule has 5 nitrogen and oxygen atoms in total. The minimum Gasteiger partial charge on any atom is -0.352 e. The van der Waals surface area contributed by atoms with Crippen LogP contribution in [-0.2, 0) is 0 Å². The highest BCUT2D eigenvalue weighted by Gasteiger charge is 2.18. The second-order valence-corrected chi connectivity index (χ2v) is 5.48. The molecule has 0 aromatic heterocycles. The molecule has 0 heterocycles. The SMILES string of the molecule is CC(C)CCCNC(=O)c1cccc([N+](=O)[O-])c1Br. The number of carbonyl (C=O) groups is 1. The summed E-state index contributed by atoms with van der Waals surface area (Å²) in [6.45, 7) is 4.82. The Morgan fingerprint density at radius 3 is 2.74 bits per heavy atom. The lowest BCUT2D eigenvalue weighted by Gasteiger charge is -2.08. The number of hydrogen-bond donors (Lipinski definition) is 1. The van der Waals surface area contributed by atoms with Gasteiger partial charge in [-0.1, -0.05) is 19.9 Å². The Kier molecular flexibility index (Phi) is 5.95. The predicted molar refractivity (Wildman–Crippen MR) is 77.2 cm³/mol. The van der Waals surface area contributed by atoms with Crippen LogP contribution in [0.2, 0.25) is 0 Å². The quantitative estimate of drug-likeness (QED) is 0.493. The molecule has 1 rings (SSSR count). The van der Waals surface area contributed by atoms with Gasteiger partial charge < -0.3 is 5.32 Å². The van der Waals surface area contributed by atoms with Crippen molar-refractivity contribution in [1.29, 1.82) is 0 Å². The maximum absolute atomic E-state index is 11.9. The van der Waals surface area contributed by atoms with Crippen LogP contribution in [0.4, 0.5) is 5.69 Å². The first kappa shape index (κ1) is 15.6. The van der Waals surface area contributed by atoms with Gasteiger partial charge in [0.05, 0.1) is 10.5 Å². The zero-order valence-corrected chi connectivity index (χ0v) is 12.6. The first-order valence-corrected chi connectivity index (χ1v) is 6.94. The molecule has 0 atom stereocenters. The molecule has 0 spiro atoms. The average Bonchev–Trinajstić information content (AvgIpc) is 2.34. The molecule has 6 heteroatoms. The predicted octanol–water partition coefficient (Wildman–Crippen LogP) is 3.52. The molecule has 0 aliphatic rings. The van der Waals surface area contributed by atoms with E-state index in [4.69, 9.17) is 0 Å². The number of rotatable bonds is 6. The second kappa shape index (κ2) is 7.23. The van der Waals surface area contributed by atoms with Crippen LogP contribution in [0, 0.1) is 16.0 Å². The lowest BCUT2D eigenvalue weighted by Crippen LogP contribution is -2.25. The number of benzene rings is 1. The van der Waals surface area contributed by atoms with Gasteiger partial charge in [-0.2, -0.15) is 0 Å². The van der Waals surface area contributed by atoms with Crippen LogP contribution in [0.5, 0.6) is 0 Å². The molecule has 0 fully saturated rings. The number of nitrogens with zero attached hydrogens (tertiary/aromatic N) is 1. The molecule has 1 N–H and O–H groups in total. The van der Waals surface area contributed by atoms with E-state index in [1.807, 2.05) is 0 Å². The summed E-state index contributed by atoms with van der Waals surface area (Å²) < 4.78 is 0.223. The van der Waals surface area contributed by atoms with E-state index in [-0.39, 0.29) is 16.1 Å². The number of carbonyl (C=O) groups excluding carboxylic acids is 1. The highest BCUT2D eigenvalue weighted by molar-refractivity contribution is 9.10. The first-order chi connectivity index (χ1) is 8.93. The summed E-state index contributed by atoms with van der Waals surface area (Å²) in [4.78, 5) is 22.2. The lowest BCUT2D eigenvalue weighted by molar-refractivity contribution is -0.385. The van der Waals surface area contributed by atoms with Gasteiger partial charge in [0.1, 0.15) is 4.47 Å². The van der Waals surface area contributed by atoms with E-state index < -0.39 is 4.92 Å². The van der Waals surface area contributed by atoms with Crippen molar-refractivity contribution in [2.45, 2.75) is 26.7 Å². The van der Waals surface area contributed by atoms with E-state index in [2.05, 4.69) is 35.1 Å². The van der Waals surface area contributed by atoms with E-state index in [0.717, 1.165) is 12.8 Å². The van der Waals surface area contributed by atoms with Crippen LogP contribution in [0.3, 0.4) is 0 Å². The van der Waals surface area contributed by atoms with Crippen LogP contribution in [0.15, 0.2) is 22.7 Å². The molecule has 0 unspecified atom stereocenters. The fraction of sp³-hybridized carbons (Fsp3) is 0.462. The Balaban J connectivity index is 2.67. The van der Waals surface area contributed by atoms with Gasteiger partial charge in [-0.3, -0.25) is 14.9 Å². The number of halogens is 1. The number of amides is 1. The third kappa shape index (κ3) is 4.63. The molecule has 0 radical (unpaired) electrons. The molecule has 0 aliphatic heterocycles. The molecule has 19 heavy (non-hydrogen) atoms. The second-order valence-electron chi connectivity index (χ2n) is 4.69. The van der Waals surface area contributed by atoms with Gasteiger partial charge in [0, 0.05) is 12.6 Å². The Labute approximate surface area is 120 Å². The van der Waals surface area contributed by atoms with Crippen molar-refractivity contribution < 1.29 is 9.72 Å². The van der Waals surface area contributed by atoms with Crippen molar-refractivity contribution in [3.8, 4) is 0 Å². The van der Waals surface area contributed by atoms with Gasteiger partial charge in [-0.25, -0.2) is 0 Å². The molecule has 0 saturated carbocycles. The minimum absolute atomic E-state index is 0.102. The van der Waals surface area contributed by atoms with E-state index in [9.17, 15) is 14.9 Å². The molecule has 104 valence electrons. The van der Waals surface area contributed by atoms with Crippen LogP contribution in [-0.4, -0.2) is 17.4 Å². The molecule has 0 saturated heterocycles. The number of nitrogens with one attached hydrogen (secondary N) is 1. The Hall–Kier alpha value is -1.43. The van der Waals surface area contributed by atoms with Crippen molar-refractivity contribution in [2.75, 3.05) is 6.54 Å². The van der Waals surface area contributed by atoms with Crippen LogP contribution >= 0.6 is 15.9 Å². The topological polar surface area (TPSA) is 72.2 Å².